The van der Waals surface area contributed by atoms with Gasteiger partial charge in [-0.3, -0.25) is 24.1 Å². The van der Waals surface area contributed by atoms with Crippen LogP contribution in [0.3, 0.4) is 0 Å². The van der Waals surface area contributed by atoms with E-state index in [1.54, 1.807) is 6.20 Å². The first kappa shape index (κ1) is 19.1. The number of rotatable bonds is 6. The number of aromatic amines is 1. The molecule has 1 N–H and O–H groups in total. The van der Waals surface area contributed by atoms with Gasteiger partial charge in [0.2, 0.25) is 17.6 Å². The summed E-state index contributed by atoms with van der Waals surface area (Å²) in [4.78, 5) is 54.0. The SMILES string of the molecule is C[C@H](OC(=O)CCN1C(=O)[C@H]2CC=CC[C@H]2C1=O)C(=O)c1c[nH]c2ccccc12. The fourth-order valence-electron chi connectivity index (χ4n) is 4.10. The van der Waals surface area contributed by atoms with Crippen LogP contribution in [0.2, 0.25) is 0 Å². The standard InChI is InChI=1S/C22H22N2O5/c1-13(20(26)17-12-23-18-9-5-4-6-14(17)18)29-19(25)10-11-24-21(27)15-7-2-3-8-16(15)22(24)28/h2-6,9,12-13,15-16,23H,7-8,10-11H2,1H3/t13-,15-,16+/m0/s1. The van der Waals surface area contributed by atoms with Crippen LogP contribution >= 0.6 is 0 Å². The maximum Gasteiger partial charge on any atom is 0.308 e. The van der Waals surface area contributed by atoms with E-state index in [-0.39, 0.29) is 42.4 Å². The number of carbonyl (C=O) groups is 4. The third-order valence-electron chi connectivity index (χ3n) is 5.67. The lowest BCUT2D eigenvalue weighted by Gasteiger charge is -2.16. The van der Waals surface area contributed by atoms with Crippen molar-refractivity contribution < 1.29 is 23.9 Å². The molecule has 2 heterocycles. The summed E-state index contributed by atoms with van der Waals surface area (Å²) in [6.45, 7) is 1.51. The quantitative estimate of drug-likeness (QED) is 0.352. The first-order valence-corrected chi connectivity index (χ1v) is 9.77. The van der Waals surface area contributed by atoms with Gasteiger partial charge in [-0.1, -0.05) is 30.4 Å². The molecule has 7 heteroatoms. The van der Waals surface area contributed by atoms with E-state index in [0.717, 1.165) is 15.8 Å². The molecular formula is C22H22N2O5. The molecule has 1 aromatic carbocycles. The summed E-state index contributed by atoms with van der Waals surface area (Å²) >= 11 is 0. The van der Waals surface area contributed by atoms with Gasteiger partial charge >= 0.3 is 5.97 Å². The van der Waals surface area contributed by atoms with Gasteiger partial charge < -0.3 is 9.72 Å². The van der Waals surface area contributed by atoms with Crippen LogP contribution in [0.1, 0.15) is 36.5 Å². The summed E-state index contributed by atoms with van der Waals surface area (Å²) in [7, 11) is 0. The molecule has 1 aliphatic heterocycles. The van der Waals surface area contributed by atoms with E-state index in [2.05, 4.69) is 4.98 Å². The largest absolute Gasteiger partial charge is 0.454 e. The molecule has 1 saturated heterocycles. The Bertz CT molecular complexity index is 995. The fraction of sp³-hybridized carbons (Fsp3) is 0.364. The van der Waals surface area contributed by atoms with E-state index in [4.69, 9.17) is 4.74 Å². The Kier molecular flexibility index (Phi) is 5.05. The first-order chi connectivity index (χ1) is 14.0. The van der Waals surface area contributed by atoms with Crippen molar-refractivity contribution >= 4 is 34.5 Å². The van der Waals surface area contributed by atoms with Gasteiger partial charge in [0.1, 0.15) is 0 Å². The third-order valence-corrected chi connectivity index (χ3v) is 5.67. The second kappa shape index (κ2) is 7.66. The van der Waals surface area contributed by atoms with E-state index >= 15 is 0 Å². The highest BCUT2D eigenvalue weighted by molar-refractivity contribution is 6.10. The number of allylic oxidation sites excluding steroid dienone is 2. The maximum atomic E-state index is 12.7. The van der Waals surface area contributed by atoms with E-state index in [1.165, 1.54) is 6.92 Å². The van der Waals surface area contributed by atoms with Gasteiger partial charge in [0.25, 0.3) is 0 Å². The van der Waals surface area contributed by atoms with Crippen molar-refractivity contribution in [2.45, 2.75) is 32.3 Å². The van der Waals surface area contributed by atoms with Gasteiger partial charge in [0.05, 0.1) is 18.3 Å². The van der Waals surface area contributed by atoms with E-state index in [9.17, 15) is 19.2 Å². The lowest BCUT2D eigenvalue weighted by atomic mass is 9.85. The highest BCUT2D eigenvalue weighted by Gasteiger charge is 2.47. The zero-order chi connectivity index (χ0) is 20.5. The number of likely N-dealkylation sites (tertiary alicyclic amines) is 1. The number of hydrogen-bond acceptors (Lipinski definition) is 5. The molecule has 0 radical (unpaired) electrons. The summed E-state index contributed by atoms with van der Waals surface area (Å²) in [5, 5.41) is 0.768. The van der Waals surface area contributed by atoms with E-state index in [0.29, 0.717) is 18.4 Å². The number of H-pyrrole nitrogens is 1. The van der Waals surface area contributed by atoms with Crippen molar-refractivity contribution in [3.63, 3.8) is 0 Å². The zero-order valence-electron chi connectivity index (χ0n) is 16.1. The van der Waals surface area contributed by atoms with Crippen LogP contribution in [0.25, 0.3) is 10.9 Å². The second-order valence-corrected chi connectivity index (χ2v) is 7.48. The van der Waals surface area contributed by atoms with Gasteiger partial charge in [0, 0.05) is 29.2 Å². The second-order valence-electron chi connectivity index (χ2n) is 7.48. The molecule has 0 unspecified atom stereocenters. The van der Waals surface area contributed by atoms with E-state index in [1.807, 2.05) is 36.4 Å². The monoisotopic (exact) mass is 394 g/mol. The van der Waals surface area contributed by atoms with Crippen molar-refractivity contribution in [1.82, 2.24) is 9.88 Å². The Morgan fingerprint density at radius 1 is 1.14 bits per heavy atom. The van der Waals surface area contributed by atoms with Crippen LogP contribution in [-0.2, 0) is 19.1 Å². The van der Waals surface area contributed by atoms with Crippen molar-refractivity contribution in [3.05, 3.63) is 48.2 Å². The number of carbonyl (C=O) groups excluding carboxylic acids is 4. The minimum absolute atomic E-state index is 0.0164. The van der Waals surface area contributed by atoms with Crippen LogP contribution in [0, 0.1) is 11.8 Å². The predicted molar refractivity (Wildman–Crippen MR) is 105 cm³/mol. The fourth-order valence-corrected chi connectivity index (χ4v) is 4.10. The number of benzene rings is 1. The Morgan fingerprint density at radius 3 is 2.48 bits per heavy atom. The van der Waals surface area contributed by atoms with Crippen molar-refractivity contribution in [1.29, 1.82) is 0 Å². The Balaban J connectivity index is 1.34. The number of esters is 1. The molecule has 2 amide bonds. The minimum atomic E-state index is -0.960. The molecule has 1 aliphatic carbocycles. The van der Waals surface area contributed by atoms with Gasteiger partial charge in [-0.25, -0.2) is 0 Å². The van der Waals surface area contributed by atoms with Crippen LogP contribution in [-0.4, -0.2) is 46.1 Å². The van der Waals surface area contributed by atoms with Gasteiger partial charge in [-0.05, 0) is 25.8 Å². The van der Waals surface area contributed by atoms with E-state index < -0.39 is 12.1 Å². The molecule has 1 aromatic heterocycles. The molecule has 0 bridgehead atoms. The molecule has 2 aromatic rings. The van der Waals surface area contributed by atoms with Crippen LogP contribution in [0.5, 0.6) is 0 Å². The number of ether oxygens (including phenoxy) is 1. The summed E-state index contributed by atoms with van der Waals surface area (Å²) in [6.07, 6.45) is 5.48. The average molecular weight is 394 g/mol. The molecule has 1 fully saturated rings. The highest BCUT2D eigenvalue weighted by Crippen LogP contribution is 2.35. The lowest BCUT2D eigenvalue weighted by molar-refractivity contribution is -0.147. The molecule has 0 saturated carbocycles. The van der Waals surface area contributed by atoms with Crippen LogP contribution < -0.4 is 0 Å². The summed E-state index contributed by atoms with van der Waals surface area (Å²) in [5.74, 6) is -1.99. The lowest BCUT2D eigenvalue weighted by Crippen LogP contribution is -2.34. The maximum absolute atomic E-state index is 12.7. The van der Waals surface area contributed by atoms with Crippen molar-refractivity contribution in [2.75, 3.05) is 6.54 Å². The number of nitrogens with one attached hydrogen (secondary N) is 1. The number of fused-ring (bicyclic) bond motifs is 2. The predicted octanol–water partition coefficient (Wildman–Crippen LogP) is 2.62. The number of para-hydroxylation sites is 1. The summed E-state index contributed by atoms with van der Waals surface area (Å²) in [6, 6.07) is 7.39. The molecule has 0 spiro atoms. The number of nitrogens with zero attached hydrogens (tertiary/aromatic N) is 1. The molecule has 2 aliphatic rings. The van der Waals surface area contributed by atoms with Gasteiger partial charge in [-0.2, -0.15) is 0 Å². The van der Waals surface area contributed by atoms with Gasteiger partial charge in [0.15, 0.2) is 6.10 Å². The molecule has 29 heavy (non-hydrogen) atoms. The Morgan fingerprint density at radius 2 is 1.79 bits per heavy atom. The Labute approximate surface area is 167 Å². The van der Waals surface area contributed by atoms with Crippen LogP contribution in [0.4, 0.5) is 0 Å². The number of aromatic nitrogens is 1. The number of ketones is 1. The van der Waals surface area contributed by atoms with Crippen molar-refractivity contribution in [2.24, 2.45) is 11.8 Å². The summed E-state index contributed by atoms with van der Waals surface area (Å²) < 4.78 is 5.27. The molecule has 4 rings (SSSR count). The number of amides is 2. The topological polar surface area (TPSA) is 96.5 Å². The zero-order valence-corrected chi connectivity index (χ0v) is 16.1. The normalized spacial score (nSPS) is 22.0. The molecule has 3 atom stereocenters. The third kappa shape index (κ3) is 3.48. The Hall–Kier alpha value is -3.22. The van der Waals surface area contributed by atoms with Crippen LogP contribution in [0.15, 0.2) is 42.6 Å². The highest BCUT2D eigenvalue weighted by atomic mass is 16.5. The molecule has 150 valence electrons. The van der Waals surface area contributed by atoms with Gasteiger partial charge in [-0.15, -0.1) is 0 Å². The number of imide groups is 1. The molecule has 7 nitrogen and oxygen atoms in total. The number of hydrogen-bond donors (Lipinski definition) is 1. The summed E-state index contributed by atoms with van der Waals surface area (Å²) in [5.41, 5.74) is 1.29. The minimum Gasteiger partial charge on any atom is -0.454 e. The van der Waals surface area contributed by atoms with Crippen molar-refractivity contribution in [3.8, 4) is 0 Å². The average Bonchev–Trinajstić information content (AvgIpc) is 3.26. The number of Topliss-reactive ketones (excluding diaryl/α,β-unsaturated/α-hetero) is 1. The molecular weight excluding hydrogens is 372 g/mol. The first-order valence-electron chi connectivity index (χ1n) is 9.77. The smallest absolute Gasteiger partial charge is 0.308 e.